The lowest BCUT2D eigenvalue weighted by Gasteiger charge is -2.09. The monoisotopic (exact) mass is 310 g/mol. The molecule has 0 radical (unpaired) electrons. The zero-order chi connectivity index (χ0) is 16.3. The topological polar surface area (TPSA) is 51.1 Å². The third-order valence-corrected chi connectivity index (χ3v) is 3.07. The average molecular weight is 310 g/mol. The molecule has 2 aromatic rings. The largest absolute Gasteiger partial charge is 0.416 e. The van der Waals surface area contributed by atoms with E-state index in [4.69, 9.17) is 0 Å². The smallest absolute Gasteiger partial charge is 0.348 e. The molecule has 4 nitrogen and oxygen atoms in total. The molecule has 0 aliphatic heterocycles. The second-order valence-electron chi connectivity index (χ2n) is 4.74. The van der Waals surface area contributed by atoms with Crippen molar-refractivity contribution in [3.05, 3.63) is 69.6 Å². The Bertz CT molecular complexity index is 734. The summed E-state index contributed by atoms with van der Waals surface area (Å²) in [6.07, 6.45) is -2.85. The SMILES string of the molecule is Cn1cc(CNC(=O)c2ccc(C(F)(F)F)cc2)ccc1=O. The zero-order valence-electron chi connectivity index (χ0n) is 11.6. The van der Waals surface area contributed by atoms with Crippen molar-refractivity contribution in [1.29, 1.82) is 0 Å². The van der Waals surface area contributed by atoms with Crippen LogP contribution in [-0.2, 0) is 19.8 Å². The van der Waals surface area contributed by atoms with Gasteiger partial charge in [-0.15, -0.1) is 0 Å². The molecule has 2 rings (SSSR count). The molecule has 116 valence electrons. The standard InChI is InChI=1S/C15H13F3N2O2/c1-20-9-10(2-7-13(20)21)8-19-14(22)11-3-5-12(6-4-11)15(16,17)18/h2-7,9H,8H2,1H3,(H,19,22). The Hall–Kier alpha value is -2.57. The molecule has 1 amide bonds. The first-order valence-electron chi connectivity index (χ1n) is 6.38. The summed E-state index contributed by atoms with van der Waals surface area (Å²) >= 11 is 0. The minimum Gasteiger partial charge on any atom is -0.348 e. The van der Waals surface area contributed by atoms with E-state index in [2.05, 4.69) is 5.32 Å². The molecule has 0 saturated heterocycles. The third kappa shape index (κ3) is 3.75. The molecule has 1 N–H and O–H groups in total. The van der Waals surface area contributed by atoms with E-state index >= 15 is 0 Å². The number of amides is 1. The molecular weight excluding hydrogens is 297 g/mol. The van der Waals surface area contributed by atoms with Gasteiger partial charge in [-0.1, -0.05) is 6.07 Å². The van der Waals surface area contributed by atoms with Gasteiger partial charge in [-0.3, -0.25) is 9.59 Å². The Morgan fingerprint density at radius 3 is 2.32 bits per heavy atom. The van der Waals surface area contributed by atoms with Gasteiger partial charge in [0, 0.05) is 31.4 Å². The minimum absolute atomic E-state index is 0.137. The van der Waals surface area contributed by atoms with Crippen LogP contribution in [0.1, 0.15) is 21.5 Å². The lowest BCUT2D eigenvalue weighted by molar-refractivity contribution is -0.137. The van der Waals surface area contributed by atoms with Gasteiger partial charge in [0.15, 0.2) is 0 Å². The lowest BCUT2D eigenvalue weighted by Crippen LogP contribution is -2.24. The number of nitrogens with one attached hydrogen (secondary N) is 1. The fraction of sp³-hybridized carbons (Fsp3) is 0.200. The molecule has 1 heterocycles. The minimum atomic E-state index is -4.43. The van der Waals surface area contributed by atoms with E-state index in [0.717, 1.165) is 24.3 Å². The Kier molecular flexibility index (Phi) is 4.35. The number of aryl methyl sites for hydroxylation is 1. The summed E-state index contributed by atoms with van der Waals surface area (Å²) in [5.41, 5.74) is -0.125. The summed E-state index contributed by atoms with van der Waals surface area (Å²) in [6.45, 7) is 0.175. The summed E-state index contributed by atoms with van der Waals surface area (Å²) in [5.74, 6) is -0.484. The third-order valence-electron chi connectivity index (χ3n) is 3.07. The van der Waals surface area contributed by atoms with Crippen LogP contribution in [-0.4, -0.2) is 10.5 Å². The predicted octanol–water partition coefficient (Wildman–Crippen LogP) is 2.33. The first kappa shape index (κ1) is 15.8. The van der Waals surface area contributed by atoms with Crippen LogP contribution in [0.15, 0.2) is 47.4 Å². The van der Waals surface area contributed by atoms with Crippen LogP contribution in [0.4, 0.5) is 13.2 Å². The fourth-order valence-electron chi connectivity index (χ4n) is 1.85. The fourth-order valence-corrected chi connectivity index (χ4v) is 1.85. The number of aromatic nitrogens is 1. The van der Waals surface area contributed by atoms with Crippen molar-refractivity contribution in [3.63, 3.8) is 0 Å². The molecule has 0 bridgehead atoms. The van der Waals surface area contributed by atoms with Crippen molar-refractivity contribution in [2.45, 2.75) is 12.7 Å². The Morgan fingerprint density at radius 2 is 1.77 bits per heavy atom. The molecule has 0 atom stereocenters. The molecule has 7 heteroatoms. The maximum absolute atomic E-state index is 12.4. The van der Waals surface area contributed by atoms with E-state index in [0.29, 0.717) is 5.56 Å². The highest BCUT2D eigenvalue weighted by Crippen LogP contribution is 2.29. The molecule has 22 heavy (non-hydrogen) atoms. The van der Waals surface area contributed by atoms with E-state index < -0.39 is 17.6 Å². The normalized spacial score (nSPS) is 11.3. The van der Waals surface area contributed by atoms with E-state index in [9.17, 15) is 22.8 Å². The second kappa shape index (κ2) is 6.05. The number of rotatable bonds is 3. The highest BCUT2D eigenvalue weighted by molar-refractivity contribution is 5.94. The molecular formula is C15H13F3N2O2. The van der Waals surface area contributed by atoms with Gasteiger partial charge in [0.05, 0.1) is 5.56 Å². The van der Waals surface area contributed by atoms with E-state index in [1.807, 2.05) is 0 Å². The summed E-state index contributed by atoms with van der Waals surface area (Å²) in [7, 11) is 1.59. The average Bonchev–Trinajstić information content (AvgIpc) is 2.47. The molecule has 0 saturated carbocycles. The summed E-state index contributed by atoms with van der Waals surface area (Å²) < 4.78 is 38.7. The van der Waals surface area contributed by atoms with Crippen molar-refractivity contribution in [2.24, 2.45) is 7.05 Å². The summed E-state index contributed by atoms with van der Waals surface area (Å²) in [4.78, 5) is 23.1. The van der Waals surface area contributed by atoms with E-state index in [1.165, 1.54) is 10.6 Å². The molecule has 0 fully saturated rings. The first-order valence-corrected chi connectivity index (χ1v) is 6.38. The Balaban J connectivity index is 2.03. The molecule has 0 aliphatic carbocycles. The molecule has 0 unspecified atom stereocenters. The van der Waals surface area contributed by atoms with Crippen LogP contribution in [0.5, 0.6) is 0 Å². The Labute approximate surface area is 124 Å². The summed E-state index contributed by atoms with van der Waals surface area (Å²) in [6, 6.07) is 6.93. The predicted molar refractivity (Wildman–Crippen MR) is 74.3 cm³/mol. The van der Waals surface area contributed by atoms with Gasteiger partial charge in [-0.25, -0.2) is 0 Å². The van der Waals surface area contributed by atoms with Crippen molar-refractivity contribution >= 4 is 5.91 Å². The van der Waals surface area contributed by atoms with Gasteiger partial charge in [-0.2, -0.15) is 13.2 Å². The highest BCUT2D eigenvalue weighted by atomic mass is 19.4. The number of alkyl halides is 3. The van der Waals surface area contributed by atoms with Gasteiger partial charge >= 0.3 is 6.18 Å². The Morgan fingerprint density at radius 1 is 1.14 bits per heavy atom. The number of carbonyl (C=O) groups is 1. The summed E-state index contributed by atoms with van der Waals surface area (Å²) in [5, 5.41) is 2.58. The van der Waals surface area contributed by atoms with Crippen LogP contribution >= 0.6 is 0 Å². The van der Waals surface area contributed by atoms with Gasteiger partial charge in [0.2, 0.25) is 5.56 Å². The van der Waals surface area contributed by atoms with Crippen molar-refractivity contribution in [1.82, 2.24) is 9.88 Å². The van der Waals surface area contributed by atoms with Crippen LogP contribution in [0.2, 0.25) is 0 Å². The highest BCUT2D eigenvalue weighted by Gasteiger charge is 2.30. The number of nitrogens with zero attached hydrogens (tertiary/aromatic N) is 1. The quantitative estimate of drug-likeness (QED) is 0.946. The maximum Gasteiger partial charge on any atom is 0.416 e. The first-order chi connectivity index (χ1) is 10.3. The number of benzene rings is 1. The van der Waals surface area contributed by atoms with E-state index in [1.54, 1.807) is 19.3 Å². The van der Waals surface area contributed by atoms with Crippen molar-refractivity contribution in [3.8, 4) is 0 Å². The molecule has 1 aromatic heterocycles. The number of hydrogen-bond donors (Lipinski definition) is 1. The molecule has 1 aromatic carbocycles. The lowest BCUT2D eigenvalue weighted by atomic mass is 10.1. The van der Waals surface area contributed by atoms with Gasteiger partial charge < -0.3 is 9.88 Å². The van der Waals surface area contributed by atoms with Crippen LogP contribution < -0.4 is 10.9 Å². The molecule has 0 spiro atoms. The number of pyridine rings is 1. The maximum atomic E-state index is 12.4. The van der Waals surface area contributed by atoms with Crippen LogP contribution in [0, 0.1) is 0 Å². The number of hydrogen-bond acceptors (Lipinski definition) is 2. The number of halogens is 3. The van der Waals surface area contributed by atoms with Crippen molar-refractivity contribution in [2.75, 3.05) is 0 Å². The van der Waals surface area contributed by atoms with Gasteiger partial charge in [0.25, 0.3) is 5.91 Å². The van der Waals surface area contributed by atoms with Crippen LogP contribution in [0.25, 0.3) is 0 Å². The zero-order valence-corrected chi connectivity index (χ0v) is 11.6. The molecule has 0 aliphatic rings. The second-order valence-corrected chi connectivity index (χ2v) is 4.74. The number of carbonyl (C=O) groups excluding carboxylic acids is 1. The van der Waals surface area contributed by atoms with Crippen LogP contribution in [0.3, 0.4) is 0 Å². The van der Waals surface area contributed by atoms with Gasteiger partial charge in [0.1, 0.15) is 0 Å². The van der Waals surface area contributed by atoms with Crippen molar-refractivity contribution < 1.29 is 18.0 Å². The van der Waals surface area contributed by atoms with E-state index in [-0.39, 0.29) is 17.7 Å². The van der Waals surface area contributed by atoms with Gasteiger partial charge in [-0.05, 0) is 29.8 Å².